The lowest BCUT2D eigenvalue weighted by molar-refractivity contribution is 0.0955. The second kappa shape index (κ2) is 7.68. The van der Waals surface area contributed by atoms with Gasteiger partial charge in [0.15, 0.2) is 11.5 Å². The maximum absolute atomic E-state index is 12.0. The van der Waals surface area contributed by atoms with Crippen molar-refractivity contribution in [1.82, 2.24) is 5.43 Å². The summed E-state index contributed by atoms with van der Waals surface area (Å²) in [6, 6.07) is 7.75. The second-order valence-corrected chi connectivity index (χ2v) is 6.13. The van der Waals surface area contributed by atoms with Crippen molar-refractivity contribution in [2.75, 3.05) is 7.11 Å². The van der Waals surface area contributed by atoms with Gasteiger partial charge in [0.2, 0.25) is 0 Å². The van der Waals surface area contributed by atoms with Crippen molar-refractivity contribution in [2.24, 2.45) is 5.10 Å². The number of hydrogen-bond acceptors (Lipinski definition) is 4. The van der Waals surface area contributed by atoms with Crippen molar-refractivity contribution < 1.29 is 14.6 Å². The Bertz CT molecular complexity index is 782. The van der Waals surface area contributed by atoms with E-state index in [1.165, 1.54) is 25.5 Å². The fourth-order valence-electron chi connectivity index (χ4n) is 1.74. The van der Waals surface area contributed by atoms with E-state index in [0.717, 1.165) is 0 Å². The van der Waals surface area contributed by atoms with Crippen LogP contribution in [-0.4, -0.2) is 24.3 Å². The highest BCUT2D eigenvalue weighted by atomic mass is 79.9. The topological polar surface area (TPSA) is 70.9 Å². The van der Waals surface area contributed by atoms with E-state index in [1.54, 1.807) is 18.2 Å². The van der Waals surface area contributed by atoms with Crippen molar-refractivity contribution >= 4 is 51.3 Å². The Morgan fingerprint density at radius 3 is 2.74 bits per heavy atom. The van der Waals surface area contributed by atoms with E-state index in [9.17, 15) is 9.90 Å². The van der Waals surface area contributed by atoms with Gasteiger partial charge in [-0.2, -0.15) is 5.10 Å². The first-order valence-electron chi connectivity index (χ1n) is 6.27. The zero-order valence-electron chi connectivity index (χ0n) is 11.8. The van der Waals surface area contributed by atoms with Gasteiger partial charge in [-0.05, 0) is 30.3 Å². The highest BCUT2D eigenvalue weighted by molar-refractivity contribution is 9.10. The lowest BCUT2D eigenvalue weighted by Crippen LogP contribution is -2.18. The average molecular weight is 418 g/mol. The zero-order valence-corrected chi connectivity index (χ0v) is 14.9. The van der Waals surface area contributed by atoms with E-state index >= 15 is 0 Å². The number of carbonyl (C=O) groups excluding carboxylic acids is 1. The number of phenols is 1. The maximum Gasteiger partial charge on any atom is 0.272 e. The van der Waals surface area contributed by atoms with Gasteiger partial charge in [-0.3, -0.25) is 4.79 Å². The fraction of sp³-hybridized carbons (Fsp3) is 0.0667. The Morgan fingerprint density at radius 2 is 2.09 bits per heavy atom. The molecule has 2 N–H and O–H groups in total. The summed E-state index contributed by atoms with van der Waals surface area (Å²) < 4.78 is 5.73. The predicted molar refractivity (Wildman–Crippen MR) is 93.9 cm³/mol. The number of aromatic hydroxyl groups is 1. The fourth-order valence-corrected chi connectivity index (χ4v) is 2.69. The molecule has 2 aromatic rings. The third-order valence-corrected chi connectivity index (χ3v) is 3.84. The van der Waals surface area contributed by atoms with Crippen LogP contribution in [0.4, 0.5) is 0 Å². The minimum Gasteiger partial charge on any atom is -0.504 e. The van der Waals surface area contributed by atoms with Crippen LogP contribution < -0.4 is 10.2 Å². The number of halogens is 3. The molecule has 0 atom stereocenters. The second-order valence-electron chi connectivity index (χ2n) is 4.37. The van der Waals surface area contributed by atoms with Crippen molar-refractivity contribution in [3.63, 3.8) is 0 Å². The summed E-state index contributed by atoms with van der Waals surface area (Å²) in [4.78, 5) is 12.0. The van der Waals surface area contributed by atoms with Crippen LogP contribution in [0.5, 0.6) is 11.5 Å². The molecule has 2 rings (SSSR count). The van der Waals surface area contributed by atoms with Gasteiger partial charge in [0, 0.05) is 15.1 Å². The Kier molecular flexibility index (Phi) is 5.87. The van der Waals surface area contributed by atoms with E-state index in [4.69, 9.17) is 27.9 Å². The molecule has 23 heavy (non-hydrogen) atoms. The maximum atomic E-state index is 12.0. The molecule has 0 aliphatic heterocycles. The van der Waals surface area contributed by atoms with Crippen LogP contribution in [0.3, 0.4) is 0 Å². The standard InChI is InChI=1S/C15H11BrCl2N2O3/c1-23-13-5-9(16)4-8(14(13)21)7-19-20-15(22)11-3-2-10(17)6-12(11)18/h2-7,21H,1H3,(H,20,22)/b19-7+. The van der Waals surface area contributed by atoms with Gasteiger partial charge < -0.3 is 9.84 Å². The molecule has 0 spiro atoms. The highest BCUT2D eigenvalue weighted by Crippen LogP contribution is 2.32. The van der Waals surface area contributed by atoms with E-state index in [1.807, 2.05) is 0 Å². The molecule has 1 amide bonds. The first-order valence-corrected chi connectivity index (χ1v) is 7.82. The van der Waals surface area contributed by atoms with E-state index < -0.39 is 5.91 Å². The van der Waals surface area contributed by atoms with Crippen molar-refractivity contribution in [3.8, 4) is 11.5 Å². The molecular weight excluding hydrogens is 407 g/mol. The Labute approximate surface area is 151 Å². The predicted octanol–water partition coefficient (Wildman–Crippen LogP) is 4.23. The molecule has 0 unspecified atom stereocenters. The summed E-state index contributed by atoms with van der Waals surface area (Å²) in [6.45, 7) is 0. The molecule has 0 saturated carbocycles. The number of benzene rings is 2. The zero-order chi connectivity index (χ0) is 17.0. The summed E-state index contributed by atoms with van der Waals surface area (Å²) in [7, 11) is 1.44. The number of hydrogen-bond donors (Lipinski definition) is 2. The van der Waals surface area contributed by atoms with Crippen molar-refractivity contribution in [3.05, 3.63) is 56.0 Å². The Balaban J connectivity index is 2.16. The molecule has 2 aromatic carbocycles. The van der Waals surface area contributed by atoms with Gasteiger partial charge in [0.1, 0.15) is 0 Å². The van der Waals surface area contributed by atoms with Gasteiger partial charge in [-0.25, -0.2) is 5.43 Å². The minimum atomic E-state index is -0.496. The molecule has 0 heterocycles. The monoisotopic (exact) mass is 416 g/mol. The number of methoxy groups -OCH3 is 1. The molecule has 0 aliphatic rings. The first-order chi connectivity index (χ1) is 10.9. The third-order valence-electron chi connectivity index (χ3n) is 2.83. The molecule has 0 fully saturated rings. The molecule has 0 aliphatic carbocycles. The number of carbonyl (C=O) groups is 1. The summed E-state index contributed by atoms with van der Waals surface area (Å²) in [5.74, 6) is -0.296. The average Bonchev–Trinajstić information content (AvgIpc) is 2.50. The number of hydrazone groups is 1. The molecule has 120 valence electrons. The third kappa shape index (κ3) is 4.37. The summed E-state index contributed by atoms with van der Waals surface area (Å²) in [5, 5.41) is 14.4. The van der Waals surface area contributed by atoms with Crippen LogP contribution in [0.15, 0.2) is 39.9 Å². The summed E-state index contributed by atoms with van der Waals surface area (Å²) in [6.07, 6.45) is 1.30. The van der Waals surface area contributed by atoms with Crippen LogP contribution in [0.25, 0.3) is 0 Å². The number of phenolic OH excluding ortho intramolecular Hbond substituents is 1. The Morgan fingerprint density at radius 1 is 1.35 bits per heavy atom. The quantitative estimate of drug-likeness (QED) is 0.577. The first kappa shape index (κ1) is 17.6. The van der Waals surface area contributed by atoms with Gasteiger partial charge >= 0.3 is 0 Å². The van der Waals surface area contributed by atoms with E-state index in [2.05, 4.69) is 26.5 Å². The van der Waals surface area contributed by atoms with Crippen LogP contribution >= 0.6 is 39.1 Å². The van der Waals surface area contributed by atoms with Crippen molar-refractivity contribution in [1.29, 1.82) is 0 Å². The summed E-state index contributed by atoms with van der Waals surface area (Å²) >= 11 is 15.0. The van der Waals surface area contributed by atoms with Gasteiger partial charge in [-0.15, -0.1) is 0 Å². The molecule has 8 heteroatoms. The number of amides is 1. The van der Waals surface area contributed by atoms with Crippen LogP contribution in [0, 0.1) is 0 Å². The van der Waals surface area contributed by atoms with Crippen molar-refractivity contribution in [2.45, 2.75) is 0 Å². The lowest BCUT2D eigenvalue weighted by atomic mass is 10.2. The molecule has 0 radical (unpaired) electrons. The highest BCUT2D eigenvalue weighted by Gasteiger charge is 2.11. The smallest absolute Gasteiger partial charge is 0.272 e. The number of rotatable bonds is 4. The molecule has 5 nitrogen and oxygen atoms in total. The van der Waals surface area contributed by atoms with Crippen LogP contribution in [0.2, 0.25) is 10.0 Å². The van der Waals surface area contributed by atoms with Gasteiger partial charge in [0.05, 0.1) is 23.9 Å². The SMILES string of the molecule is COc1cc(Br)cc(/C=N/NC(=O)c2ccc(Cl)cc2Cl)c1O. The van der Waals surface area contributed by atoms with Crippen LogP contribution in [0.1, 0.15) is 15.9 Å². The van der Waals surface area contributed by atoms with Gasteiger partial charge in [0.25, 0.3) is 5.91 Å². The lowest BCUT2D eigenvalue weighted by Gasteiger charge is -2.07. The van der Waals surface area contributed by atoms with E-state index in [0.29, 0.717) is 15.1 Å². The molecule has 0 bridgehead atoms. The molecule has 0 saturated heterocycles. The van der Waals surface area contributed by atoms with E-state index in [-0.39, 0.29) is 22.1 Å². The van der Waals surface area contributed by atoms with Crippen LogP contribution in [-0.2, 0) is 0 Å². The number of ether oxygens (including phenoxy) is 1. The Hall–Kier alpha value is -1.76. The minimum absolute atomic E-state index is 0.0850. The molecular formula is C15H11BrCl2N2O3. The summed E-state index contributed by atoms with van der Waals surface area (Å²) in [5.41, 5.74) is 2.94. The number of nitrogens with zero attached hydrogens (tertiary/aromatic N) is 1. The van der Waals surface area contributed by atoms with Gasteiger partial charge in [-0.1, -0.05) is 39.1 Å². The largest absolute Gasteiger partial charge is 0.504 e. The normalized spacial score (nSPS) is 10.8. The number of nitrogens with one attached hydrogen (secondary N) is 1. The molecule has 0 aromatic heterocycles.